The summed E-state index contributed by atoms with van der Waals surface area (Å²) in [7, 11) is -0.775. The highest BCUT2D eigenvalue weighted by Gasteiger charge is 2.11. The Labute approximate surface area is 114 Å². The quantitative estimate of drug-likeness (QED) is 0.784. The molecule has 0 saturated heterocycles. The van der Waals surface area contributed by atoms with E-state index in [2.05, 4.69) is 44.3 Å². The molecular formula is C15H25NOS. The Hall–Kier alpha value is -0.670. The van der Waals surface area contributed by atoms with Crippen LogP contribution in [0.5, 0.6) is 0 Å². The minimum absolute atomic E-state index is 0.394. The molecule has 1 rings (SSSR count). The van der Waals surface area contributed by atoms with E-state index >= 15 is 0 Å². The lowest BCUT2D eigenvalue weighted by molar-refractivity contribution is 0.525. The van der Waals surface area contributed by atoms with Gasteiger partial charge in [0.2, 0.25) is 0 Å². The molecule has 0 bridgehead atoms. The second kappa shape index (κ2) is 8.44. The average Bonchev–Trinajstić information content (AvgIpc) is 2.29. The molecule has 2 nitrogen and oxygen atoms in total. The fourth-order valence-corrected chi connectivity index (χ4v) is 3.56. The number of benzene rings is 1. The van der Waals surface area contributed by atoms with E-state index in [1.807, 2.05) is 6.07 Å². The first-order chi connectivity index (χ1) is 8.65. The molecular weight excluding hydrogens is 242 g/mol. The molecule has 2 unspecified atom stereocenters. The summed E-state index contributed by atoms with van der Waals surface area (Å²) in [6.07, 6.45) is 2.24. The van der Waals surface area contributed by atoms with Gasteiger partial charge in [0.05, 0.1) is 0 Å². The predicted octanol–water partition coefficient (Wildman–Crippen LogP) is 3.02. The number of rotatable bonds is 8. The van der Waals surface area contributed by atoms with Crippen LogP contribution in [0.25, 0.3) is 0 Å². The fraction of sp³-hybridized carbons (Fsp3) is 0.600. The highest BCUT2D eigenvalue weighted by Crippen LogP contribution is 2.08. The number of hydrogen-bond acceptors (Lipinski definition) is 2. The van der Waals surface area contributed by atoms with Crippen molar-refractivity contribution in [3.05, 3.63) is 35.4 Å². The summed E-state index contributed by atoms with van der Waals surface area (Å²) in [6.45, 7) is 7.30. The molecule has 2 atom stereocenters. The van der Waals surface area contributed by atoms with Crippen LogP contribution in [-0.4, -0.2) is 22.5 Å². The zero-order valence-corrected chi connectivity index (χ0v) is 12.6. The first-order valence-corrected chi connectivity index (χ1v) is 8.28. The third-order valence-electron chi connectivity index (χ3n) is 2.93. The van der Waals surface area contributed by atoms with E-state index in [9.17, 15) is 4.21 Å². The maximum absolute atomic E-state index is 12.2. The van der Waals surface area contributed by atoms with Crippen LogP contribution in [0.3, 0.4) is 0 Å². The van der Waals surface area contributed by atoms with E-state index in [-0.39, 0.29) is 0 Å². The molecule has 1 N–H and O–H groups in total. The van der Waals surface area contributed by atoms with Crippen LogP contribution in [0.1, 0.15) is 37.8 Å². The van der Waals surface area contributed by atoms with Gasteiger partial charge in [0.1, 0.15) is 0 Å². The van der Waals surface area contributed by atoms with Gasteiger partial charge in [0.15, 0.2) is 0 Å². The molecule has 3 heteroatoms. The zero-order chi connectivity index (χ0) is 13.4. The summed E-state index contributed by atoms with van der Waals surface area (Å²) >= 11 is 0. The second-order valence-electron chi connectivity index (χ2n) is 4.78. The van der Waals surface area contributed by atoms with Gasteiger partial charge in [-0.2, -0.15) is 0 Å². The van der Waals surface area contributed by atoms with Gasteiger partial charge in [-0.25, -0.2) is 0 Å². The van der Waals surface area contributed by atoms with Crippen molar-refractivity contribution in [3.8, 4) is 0 Å². The molecule has 0 radical (unpaired) electrons. The summed E-state index contributed by atoms with van der Waals surface area (Å²) in [5.41, 5.74) is 2.42. The Morgan fingerprint density at radius 3 is 2.72 bits per heavy atom. The molecule has 0 amide bonds. The molecule has 0 fully saturated rings. The second-order valence-corrected chi connectivity index (χ2v) is 6.28. The van der Waals surface area contributed by atoms with Crippen molar-refractivity contribution in [2.45, 2.75) is 45.4 Å². The van der Waals surface area contributed by atoms with Gasteiger partial charge in [-0.3, -0.25) is 4.21 Å². The van der Waals surface area contributed by atoms with Crippen molar-refractivity contribution in [1.29, 1.82) is 0 Å². The SMILES string of the molecule is CCCC(CS(=O)Cc1cccc(C)c1)NCC. The molecule has 0 aliphatic rings. The molecule has 0 aliphatic carbocycles. The first-order valence-electron chi connectivity index (χ1n) is 6.79. The van der Waals surface area contributed by atoms with Gasteiger partial charge < -0.3 is 5.32 Å². The van der Waals surface area contributed by atoms with Gasteiger partial charge in [-0.1, -0.05) is 50.1 Å². The van der Waals surface area contributed by atoms with E-state index in [1.54, 1.807) is 0 Å². The predicted molar refractivity (Wildman–Crippen MR) is 80.3 cm³/mol. The average molecular weight is 267 g/mol. The van der Waals surface area contributed by atoms with Crippen LogP contribution in [0.4, 0.5) is 0 Å². The summed E-state index contributed by atoms with van der Waals surface area (Å²) in [5, 5.41) is 3.42. The minimum Gasteiger partial charge on any atom is -0.313 e. The molecule has 0 heterocycles. The summed E-state index contributed by atoms with van der Waals surface area (Å²) in [4.78, 5) is 0. The van der Waals surface area contributed by atoms with Gasteiger partial charge >= 0.3 is 0 Å². The van der Waals surface area contributed by atoms with Gasteiger partial charge in [0, 0.05) is 28.3 Å². The standard InChI is InChI=1S/C15H25NOS/c1-4-7-15(16-5-2)12-18(17)11-14-9-6-8-13(3)10-14/h6,8-10,15-16H,4-5,7,11-12H2,1-3H3. The minimum atomic E-state index is -0.775. The Balaban J connectivity index is 2.49. The highest BCUT2D eigenvalue weighted by atomic mass is 32.2. The lowest BCUT2D eigenvalue weighted by atomic mass is 10.2. The van der Waals surface area contributed by atoms with Gasteiger partial charge in [0.25, 0.3) is 0 Å². The van der Waals surface area contributed by atoms with Crippen LogP contribution < -0.4 is 5.32 Å². The number of nitrogens with one attached hydrogen (secondary N) is 1. The monoisotopic (exact) mass is 267 g/mol. The molecule has 1 aromatic rings. The first kappa shape index (κ1) is 15.4. The normalized spacial score (nSPS) is 14.4. The maximum atomic E-state index is 12.2. The van der Waals surface area contributed by atoms with Crippen molar-refractivity contribution in [2.75, 3.05) is 12.3 Å². The third-order valence-corrected chi connectivity index (χ3v) is 4.36. The lowest BCUT2D eigenvalue weighted by Crippen LogP contribution is -2.34. The van der Waals surface area contributed by atoms with E-state index in [1.165, 1.54) is 11.1 Å². The zero-order valence-electron chi connectivity index (χ0n) is 11.7. The van der Waals surface area contributed by atoms with Crippen LogP contribution >= 0.6 is 0 Å². The molecule has 102 valence electrons. The maximum Gasteiger partial charge on any atom is 0.0486 e. The summed E-state index contributed by atoms with van der Waals surface area (Å²) < 4.78 is 12.2. The number of aryl methyl sites for hydroxylation is 1. The summed E-state index contributed by atoms with van der Waals surface area (Å²) in [6, 6.07) is 8.69. The molecule has 0 saturated carbocycles. The number of hydrogen-bond donors (Lipinski definition) is 1. The molecule has 0 spiro atoms. The lowest BCUT2D eigenvalue weighted by Gasteiger charge is -2.16. The molecule has 0 aromatic heterocycles. The largest absolute Gasteiger partial charge is 0.313 e. The highest BCUT2D eigenvalue weighted by molar-refractivity contribution is 7.84. The van der Waals surface area contributed by atoms with Gasteiger partial charge in [-0.05, 0) is 25.5 Å². The van der Waals surface area contributed by atoms with E-state index in [4.69, 9.17) is 0 Å². The molecule has 0 aliphatic heterocycles. The Bertz CT molecular complexity index is 373. The van der Waals surface area contributed by atoms with Gasteiger partial charge in [-0.15, -0.1) is 0 Å². The van der Waals surface area contributed by atoms with Crippen molar-refractivity contribution in [1.82, 2.24) is 5.32 Å². The fourth-order valence-electron chi connectivity index (χ4n) is 2.15. The van der Waals surface area contributed by atoms with E-state index < -0.39 is 10.8 Å². The Morgan fingerprint density at radius 2 is 2.11 bits per heavy atom. The third kappa shape index (κ3) is 5.78. The van der Waals surface area contributed by atoms with Crippen LogP contribution in [0, 0.1) is 6.92 Å². The van der Waals surface area contributed by atoms with Crippen LogP contribution in [0.15, 0.2) is 24.3 Å². The van der Waals surface area contributed by atoms with Crippen molar-refractivity contribution < 1.29 is 4.21 Å². The van der Waals surface area contributed by atoms with Crippen LogP contribution in [-0.2, 0) is 16.6 Å². The van der Waals surface area contributed by atoms with Crippen LogP contribution in [0.2, 0.25) is 0 Å². The molecule has 18 heavy (non-hydrogen) atoms. The van der Waals surface area contributed by atoms with Crippen molar-refractivity contribution >= 4 is 10.8 Å². The summed E-state index contributed by atoms with van der Waals surface area (Å²) in [5.74, 6) is 1.43. The van der Waals surface area contributed by atoms with E-state index in [0.29, 0.717) is 11.8 Å². The molecule has 1 aromatic carbocycles. The smallest absolute Gasteiger partial charge is 0.0486 e. The Kier molecular flexibility index (Phi) is 7.21. The van der Waals surface area contributed by atoms with E-state index in [0.717, 1.165) is 25.1 Å². The van der Waals surface area contributed by atoms with Crippen molar-refractivity contribution in [3.63, 3.8) is 0 Å². The Morgan fingerprint density at radius 1 is 1.33 bits per heavy atom. The topological polar surface area (TPSA) is 29.1 Å². The van der Waals surface area contributed by atoms with Crippen molar-refractivity contribution in [2.24, 2.45) is 0 Å².